The summed E-state index contributed by atoms with van der Waals surface area (Å²) in [6, 6.07) is 7.85. The van der Waals surface area contributed by atoms with Crippen molar-refractivity contribution < 1.29 is 4.79 Å². The Morgan fingerprint density at radius 1 is 1.36 bits per heavy atom. The summed E-state index contributed by atoms with van der Waals surface area (Å²) >= 11 is 8.83. The number of aromatic nitrogens is 4. The van der Waals surface area contributed by atoms with E-state index in [9.17, 15) is 4.79 Å². The van der Waals surface area contributed by atoms with E-state index in [1.165, 1.54) is 18.0 Å². The molecule has 3 heterocycles. The van der Waals surface area contributed by atoms with E-state index >= 15 is 0 Å². The highest BCUT2D eigenvalue weighted by molar-refractivity contribution is 7.99. The number of nitrogens with zero attached hydrogens (tertiary/aromatic N) is 4. The molecule has 0 saturated heterocycles. The molecule has 1 fully saturated rings. The van der Waals surface area contributed by atoms with Crippen LogP contribution < -0.4 is 5.32 Å². The number of carbonyl (C=O) groups excluding carboxylic acids is 1. The first-order valence-corrected chi connectivity index (χ1v) is 9.98. The molecule has 1 amide bonds. The average molecular weight is 392 g/mol. The molecule has 1 aliphatic carbocycles. The van der Waals surface area contributed by atoms with Crippen molar-refractivity contribution >= 4 is 46.4 Å². The van der Waals surface area contributed by atoms with Gasteiger partial charge in [-0.3, -0.25) is 9.36 Å². The Kier molecular flexibility index (Phi) is 4.74. The van der Waals surface area contributed by atoms with Crippen LogP contribution in [0.5, 0.6) is 0 Å². The van der Waals surface area contributed by atoms with Gasteiger partial charge < -0.3 is 5.32 Å². The normalized spacial score (nSPS) is 13.8. The zero-order valence-electron chi connectivity index (χ0n) is 13.1. The van der Waals surface area contributed by atoms with Crippen molar-refractivity contribution in [2.45, 2.75) is 24.0 Å². The lowest BCUT2D eigenvalue weighted by Crippen LogP contribution is -2.15. The van der Waals surface area contributed by atoms with Gasteiger partial charge in [0.15, 0.2) is 11.0 Å². The topological polar surface area (TPSA) is 72.7 Å². The predicted molar refractivity (Wildman–Crippen MR) is 100 cm³/mol. The molecule has 0 radical (unpaired) electrons. The molecule has 3 aromatic rings. The molecule has 6 nitrogen and oxygen atoms in total. The largest absolute Gasteiger partial charge is 0.310 e. The fourth-order valence-electron chi connectivity index (χ4n) is 2.37. The van der Waals surface area contributed by atoms with E-state index in [0.717, 1.165) is 28.7 Å². The predicted octanol–water partition coefficient (Wildman–Crippen LogP) is 4.12. The van der Waals surface area contributed by atoms with E-state index in [0.29, 0.717) is 16.9 Å². The molecule has 25 heavy (non-hydrogen) atoms. The van der Waals surface area contributed by atoms with Crippen LogP contribution in [0.4, 0.5) is 5.82 Å². The Labute approximate surface area is 157 Å². The van der Waals surface area contributed by atoms with E-state index in [4.69, 9.17) is 11.6 Å². The second-order valence-corrected chi connectivity index (χ2v) is 7.91. The van der Waals surface area contributed by atoms with E-state index in [1.54, 1.807) is 23.5 Å². The lowest BCUT2D eigenvalue weighted by atomic mass is 10.4. The molecule has 9 heteroatoms. The fourth-order valence-corrected chi connectivity index (χ4v) is 3.99. The third-order valence-corrected chi connectivity index (χ3v) is 5.68. The van der Waals surface area contributed by atoms with Crippen LogP contribution in [0, 0.1) is 0 Å². The fraction of sp³-hybridized carbons (Fsp3) is 0.250. The summed E-state index contributed by atoms with van der Waals surface area (Å²) < 4.78 is 2.16. The third kappa shape index (κ3) is 3.86. The first kappa shape index (κ1) is 16.6. The highest BCUT2D eigenvalue weighted by atomic mass is 35.5. The number of carbonyl (C=O) groups is 1. The molecule has 4 rings (SSSR count). The zero-order valence-corrected chi connectivity index (χ0v) is 15.4. The minimum Gasteiger partial charge on any atom is -0.310 e. The molecule has 0 bridgehead atoms. The number of halogens is 1. The number of amides is 1. The van der Waals surface area contributed by atoms with Crippen molar-refractivity contribution in [3.05, 3.63) is 40.9 Å². The number of nitrogens with one attached hydrogen (secondary N) is 1. The number of anilines is 1. The third-order valence-electron chi connectivity index (χ3n) is 3.65. The standard InChI is InChI=1S/C16H14ClN5OS2/c17-10-3-6-13(18-8-10)19-14(23)9-25-16-21-20-15(12-2-1-7-24-12)22(16)11-4-5-11/h1-3,6-8,11H,4-5,9H2,(H,18,19,23). The van der Waals surface area contributed by atoms with Crippen molar-refractivity contribution in [3.8, 4) is 10.7 Å². The summed E-state index contributed by atoms with van der Waals surface area (Å²) in [4.78, 5) is 17.3. The maximum atomic E-state index is 12.1. The Balaban J connectivity index is 1.44. The van der Waals surface area contributed by atoms with Gasteiger partial charge in [-0.25, -0.2) is 4.98 Å². The lowest BCUT2D eigenvalue weighted by Gasteiger charge is -2.08. The van der Waals surface area contributed by atoms with Crippen LogP contribution in [-0.2, 0) is 4.79 Å². The van der Waals surface area contributed by atoms with Gasteiger partial charge in [0, 0.05) is 12.2 Å². The van der Waals surface area contributed by atoms with Gasteiger partial charge in [-0.05, 0) is 36.4 Å². The van der Waals surface area contributed by atoms with Crippen LogP contribution in [0.25, 0.3) is 10.7 Å². The minimum absolute atomic E-state index is 0.136. The number of thiophene rings is 1. The molecule has 0 spiro atoms. The van der Waals surface area contributed by atoms with Crippen LogP contribution in [0.3, 0.4) is 0 Å². The molecule has 3 aromatic heterocycles. The molecule has 128 valence electrons. The molecule has 1 aliphatic rings. The van der Waals surface area contributed by atoms with Gasteiger partial charge in [0.25, 0.3) is 0 Å². The first-order valence-electron chi connectivity index (χ1n) is 7.73. The summed E-state index contributed by atoms with van der Waals surface area (Å²) in [5.74, 6) is 1.49. The summed E-state index contributed by atoms with van der Waals surface area (Å²) in [5, 5.41) is 14.7. The summed E-state index contributed by atoms with van der Waals surface area (Å²) in [6.45, 7) is 0. The van der Waals surface area contributed by atoms with Gasteiger partial charge in [0.05, 0.1) is 15.7 Å². The van der Waals surface area contributed by atoms with E-state index in [2.05, 4.69) is 25.1 Å². The Morgan fingerprint density at radius 3 is 2.92 bits per heavy atom. The van der Waals surface area contributed by atoms with Crippen molar-refractivity contribution in [2.24, 2.45) is 0 Å². The van der Waals surface area contributed by atoms with Crippen LogP contribution in [-0.4, -0.2) is 31.4 Å². The minimum atomic E-state index is -0.136. The smallest absolute Gasteiger partial charge is 0.236 e. The van der Waals surface area contributed by atoms with Crippen LogP contribution in [0.2, 0.25) is 5.02 Å². The quantitative estimate of drug-likeness (QED) is 0.640. The van der Waals surface area contributed by atoms with Gasteiger partial charge >= 0.3 is 0 Å². The molecule has 1 N–H and O–H groups in total. The molecule has 1 saturated carbocycles. The highest BCUT2D eigenvalue weighted by Gasteiger charge is 2.30. The summed E-state index contributed by atoms with van der Waals surface area (Å²) in [7, 11) is 0. The molecular formula is C16H14ClN5OS2. The Hall–Kier alpha value is -1.90. The number of pyridine rings is 1. The van der Waals surface area contributed by atoms with E-state index in [-0.39, 0.29) is 11.7 Å². The van der Waals surface area contributed by atoms with Crippen molar-refractivity contribution in [3.63, 3.8) is 0 Å². The van der Waals surface area contributed by atoms with E-state index < -0.39 is 0 Å². The number of thioether (sulfide) groups is 1. The van der Waals surface area contributed by atoms with Crippen LogP contribution in [0.15, 0.2) is 41.0 Å². The zero-order chi connectivity index (χ0) is 17.2. The summed E-state index contributed by atoms with van der Waals surface area (Å²) in [6.07, 6.45) is 3.76. The highest BCUT2D eigenvalue weighted by Crippen LogP contribution is 2.41. The Morgan fingerprint density at radius 2 is 2.24 bits per heavy atom. The SMILES string of the molecule is O=C(CSc1nnc(-c2cccs2)n1C1CC1)Nc1ccc(Cl)cn1. The van der Waals surface area contributed by atoms with Crippen LogP contribution >= 0.6 is 34.7 Å². The number of hydrogen-bond acceptors (Lipinski definition) is 6. The van der Waals surface area contributed by atoms with Crippen LogP contribution in [0.1, 0.15) is 18.9 Å². The monoisotopic (exact) mass is 391 g/mol. The molecule has 0 aliphatic heterocycles. The second kappa shape index (κ2) is 7.15. The molecular weight excluding hydrogens is 378 g/mol. The van der Waals surface area contributed by atoms with Crippen molar-refractivity contribution in [1.82, 2.24) is 19.7 Å². The average Bonchev–Trinajstić information content (AvgIpc) is 3.13. The molecule has 0 aromatic carbocycles. The van der Waals surface area contributed by atoms with Crippen molar-refractivity contribution in [1.29, 1.82) is 0 Å². The Bertz CT molecular complexity index is 875. The lowest BCUT2D eigenvalue weighted by molar-refractivity contribution is -0.113. The van der Waals surface area contributed by atoms with Gasteiger partial charge in [-0.1, -0.05) is 29.4 Å². The molecule has 0 atom stereocenters. The maximum absolute atomic E-state index is 12.1. The van der Waals surface area contributed by atoms with Crippen molar-refractivity contribution in [2.75, 3.05) is 11.1 Å². The number of hydrogen-bond donors (Lipinski definition) is 1. The van der Waals surface area contributed by atoms with Gasteiger partial charge in [0.1, 0.15) is 5.82 Å². The van der Waals surface area contributed by atoms with E-state index in [1.807, 2.05) is 17.5 Å². The second-order valence-electron chi connectivity index (χ2n) is 5.58. The maximum Gasteiger partial charge on any atom is 0.236 e. The first-order chi connectivity index (χ1) is 12.2. The number of rotatable bonds is 6. The van der Waals surface area contributed by atoms with Gasteiger partial charge in [-0.15, -0.1) is 21.5 Å². The summed E-state index contributed by atoms with van der Waals surface area (Å²) in [5.41, 5.74) is 0. The van der Waals surface area contributed by atoms with Gasteiger partial charge in [-0.2, -0.15) is 0 Å². The van der Waals surface area contributed by atoms with Gasteiger partial charge in [0.2, 0.25) is 5.91 Å². The molecule has 0 unspecified atom stereocenters.